The van der Waals surface area contributed by atoms with E-state index in [0.717, 1.165) is 0 Å². The molecule has 0 fully saturated rings. The molecule has 2 aromatic carbocycles. The van der Waals surface area contributed by atoms with Gasteiger partial charge in [-0.1, -0.05) is 19.9 Å². The molecule has 2 aromatic rings. The lowest BCUT2D eigenvalue weighted by atomic mass is 10.2. The molecular weight excluding hydrogens is 392 g/mol. The summed E-state index contributed by atoms with van der Waals surface area (Å²) >= 11 is 0. The molecule has 0 aliphatic rings. The Morgan fingerprint density at radius 3 is 2.50 bits per heavy atom. The second kappa shape index (κ2) is 10.2. The van der Waals surface area contributed by atoms with Crippen LogP contribution in [0.5, 0.6) is 11.5 Å². The summed E-state index contributed by atoms with van der Waals surface area (Å²) in [5.74, 6) is -0.124. The second-order valence-corrected chi connectivity index (χ2v) is 6.95. The molecule has 0 heterocycles. The first-order valence-corrected chi connectivity index (χ1v) is 9.24. The molecule has 0 atom stereocenters. The van der Waals surface area contributed by atoms with E-state index in [0.29, 0.717) is 29.6 Å². The van der Waals surface area contributed by atoms with E-state index >= 15 is 0 Å². The largest absolute Gasteiger partial charge is 0.493 e. The van der Waals surface area contributed by atoms with Crippen LogP contribution in [0.25, 0.3) is 0 Å². The fraction of sp³-hybridized carbons (Fsp3) is 0.333. The Bertz CT molecular complexity index is 941. The van der Waals surface area contributed by atoms with Crippen molar-refractivity contribution < 1.29 is 28.7 Å². The summed E-state index contributed by atoms with van der Waals surface area (Å²) in [5, 5.41) is 13.4. The van der Waals surface area contributed by atoms with E-state index in [-0.39, 0.29) is 16.9 Å². The Labute approximate surface area is 174 Å². The molecule has 9 heteroatoms. The molecule has 1 amide bonds. The third-order valence-electron chi connectivity index (χ3n) is 4.01. The highest BCUT2D eigenvalue weighted by atomic mass is 16.6. The van der Waals surface area contributed by atoms with E-state index in [9.17, 15) is 19.7 Å². The van der Waals surface area contributed by atoms with Crippen molar-refractivity contribution in [2.24, 2.45) is 5.92 Å². The van der Waals surface area contributed by atoms with Crippen molar-refractivity contribution in [1.29, 1.82) is 0 Å². The van der Waals surface area contributed by atoms with Crippen LogP contribution in [0.1, 0.15) is 29.8 Å². The van der Waals surface area contributed by atoms with Gasteiger partial charge in [-0.25, -0.2) is 4.79 Å². The number of carbonyl (C=O) groups is 2. The van der Waals surface area contributed by atoms with E-state index in [1.807, 2.05) is 13.8 Å². The van der Waals surface area contributed by atoms with Gasteiger partial charge in [0.2, 0.25) is 0 Å². The number of ether oxygens (including phenoxy) is 3. The lowest BCUT2D eigenvalue weighted by Gasteiger charge is -2.13. The Morgan fingerprint density at radius 1 is 1.13 bits per heavy atom. The van der Waals surface area contributed by atoms with Gasteiger partial charge in [0.25, 0.3) is 11.6 Å². The molecule has 0 saturated heterocycles. The molecule has 0 bridgehead atoms. The zero-order chi connectivity index (χ0) is 22.3. The average Bonchev–Trinajstić information content (AvgIpc) is 2.71. The van der Waals surface area contributed by atoms with Crippen molar-refractivity contribution in [1.82, 2.24) is 0 Å². The number of nitro benzene ring substituents is 1. The highest BCUT2D eigenvalue weighted by Crippen LogP contribution is 2.29. The minimum absolute atomic E-state index is 0.153. The molecule has 1 N–H and O–H groups in total. The van der Waals surface area contributed by atoms with Crippen LogP contribution in [0.3, 0.4) is 0 Å². The molecule has 0 radical (unpaired) electrons. The average molecular weight is 416 g/mol. The zero-order valence-electron chi connectivity index (χ0n) is 17.3. The molecule has 160 valence electrons. The summed E-state index contributed by atoms with van der Waals surface area (Å²) in [5.41, 5.74) is 0.961. The predicted molar refractivity (Wildman–Crippen MR) is 110 cm³/mol. The van der Waals surface area contributed by atoms with E-state index in [1.165, 1.54) is 37.4 Å². The lowest BCUT2D eigenvalue weighted by Crippen LogP contribution is -2.21. The molecular formula is C21H24N2O7. The number of hydrogen-bond acceptors (Lipinski definition) is 7. The summed E-state index contributed by atoms with van der Waals surface area (Å²) < 4.78 is 15.9. The number of benzene rings is 2. The molecule has 30 heavy (non-hydrogen) atoms. The van der Waals surface area contributed by atoms with Gasteiger partial charge in [-0.3, -0.25) is 14.9 Å². The SMILES string of the molecule is COc1cc(C(=O)OCC(=O)Nc2cc([N+](=O)[O-])ccc2C)ccc1OCC(C)C. The quantitative estimate of drug-likeness (QED) is 0.376. The summed E-state index contributed by atoms with van der Waals surface area (Å²) in [6, 6.07) is 8.70. The maximum atomic E-state index is 12.3. The van der Waals surface area contributed by atoms with E-state index in [4.69, 9.17) is 14.2 Å². The summed E-state index contributed by atoms with van der Waals surface area (Å²) in [7, 11) is 1.46. The Hall–Kier alpha value is -3.62. The number of aryl methyl sites for hydroxylation is 1. The number of hydrogen-bond donors (Lipinski definition) is 1. The maximum Gasteiger partial charge on any atom is 0.338 e. The third kappa shape index (κ3) is 6.20. The number of nitrogens with one attached hydrogen (secondary N) is 1. The van der Waals surface area contributed by atoms with Crippen LogP contribution in [0.15, 0.2) is 36.4 Å². The van der Waals surface area contributed by atoms with Crippen LogP contribution in [-0.4, -0.2) is 37.1 Å². The summed E-state index contributed by atoms with van der Waals surface area (Å²) in [6.07, 6.45) is 0. The smallest absolute Gasteiger partial charge is 0.338 e. The van der Waals surface area contributed by atoms with Crippen LogP contribution in [-0.2, 0) is 9.53 Å². The van der Waals surface area contributed by atoms with Gasteiger partial charge in [0.15, 0.2) is 18.1 Å². The fourth-order valence-electron chi connectivity index (χ4n) is 2.43. The molecule has 0 aliphatic carbocycles. The van der Waals surface area contributed by atoms with Gasteiger partial charge in [0.05, 0.1) is 29.9 Å². The number of esters is 1. The number of carbonyl (C=O) groups excluding carboxylic acids is 2. The molecule has 9 nitrogen and oxygen atoms in total. The van der Waals surface area contributed by atoms with E-state index in [1.54, 1.807) is 13.0 Å². The monoisotopic (exact) mass is 416 g/mol. The zero-order valence-corrected chi connectivity index (χ0v) is 17.3. The van der Waals surface area contributed by atoms with Crippen molar-refractivity contribution in [3.63, 3.8) is 0 Å². The number of amides is 1. The lowest BCUT2D eigenvalue weighted by molar-refractivity contribution is -0.384. The standard InChI is InChI=1S/C21H24N2O7/c1-13(2)11-29-18-8-6-15(9-19(18)28-4)21(25)30-12-20(24)22-17-10-16(23(26)27)7-5-14(17)3/h5-10,13H,11-12H2,1-4H3,(H,22,24). The van der Waals surface area contributed by atoms with Crippen molar-refractivity contribution in [2.75, 3.05) is 25.6 Å². The van der Waals surface area contributed by atoms with Crippen molar-refractivity contribution in [3.8, 4) is 11.5 Å². The van der Waals surface area contributed by atoms with Crippen LogP contribution >= 0.6 is 0 Å². The summed E-state index contributed by atoms with van der Waals surface area (Å²) in [4.78, 5) is 34.7. The topological polar surface area (TPSA) is 117 Å². The number of nitrogens with zero attached hydrogens (tertiary/aromatic N) is 1. The third-order valence-corrected chi connectivity index (χ3v) is 4.01. The Morgan fingerprint density at radius 2 is 1.87 bits per heavy atom. The van der Waals surface area contributed by atoms with E-state index in [2.05, 4.69) is 5.32 Å². The van der Waals surface area contributed by atoms with Crippen LogP contribution in [0.2, 0.25) is 0 Å². The van der Waals surface area contributed by atoms with Crippen molar-refractivity contribution in [2.45, 2.75) is 20.8 Å². The Kier molecular flexibility index (Phi) is 7.74. The maximum absolute atomic E-state index is 12.3. The van der Waals surface area contributed by atoms with Gasteiger partial charge in [-0.2, -0.15) is 0 Å². The molecule has 0 unspecified atom stereocenters. The first kappa shape index (κ1) is 22.7. The summed E-state index contributed by atoms with van der Waals surface area (Å²) in [6.45, 7) is 5.67. The van der Waals surface area contributed by atoms with Crippen LogP contribution in [0.4, 0.5) is 11.4 Å². The van der Waals surface area contributed by atoms with Crippen LogP contribution in [0, 0.1) is 23.0 Å². The normalized spacial score (nSPS) is 10.4. The molecule has 0 saturated carbocycles. The number of anilines is 1. The highest BCUT2D eigenvalue weighted by Gasteiger charge is 2.16. The molecule has 0 aliphatic heterocycles. The van der Waals surface area contributed by atoms with Gasteiger partial charge in [0, 0.05) is 12.1 Å². The number of nitro groups is 1. The number of methoxy groups -OCH3 is 1. The first-order chi connectivity index (χ1) is 14.2. The second-order valence-electron chi connectivity index (χ2n) is 6.95. The highest BCUT2D eigenvalue weighted by molar-refractivity contribution is 5.96. The van der Waals surface area contributed by atoms with Crippen molar-refractivity contribution in [3.05, 3.63) is 57.6 Å². The van der Waals surface area contributed by atoms with Gasteiger partial charge in [0.1, 0.15) is 0 Å². The van der Waals surface area contributed by atoms with Gasteiger partial charge >= 0.3 is 5.97 Å². The number of rotatable bonds is 9. The minimum Gasteiger partial charge on any atom is -0.493 e. The number of non-ortho nitro benzene ring substituents is 1. The predicted octanol–water partition coefficient (Wildman–Crippen LogP) is 3.74. The van der Waals surface area contributed by atoms with Crippen molar-refractivity contribution >= 4 is 23.3 Å². The Balaban J connectivity index is 1.99. The minimum atomic E-state index is -0.713. The van der Waals surface area contributed by atoms with Gasteiger partial charge in [-0.05, 0) is 36.6 Å². The van der Waals surface area contributed by atoms with E-state index < -0.39 is 23.4 Å². The molecule has 0 aromatic heterocycles. The molecule has 0 spiro atoms. The van der Waals surface area contributed by atoms with Gasteiger partial charge < -0.3 is 19.5 Å². The van der Waals surface area contributed by atoms with Crippen LogP contribution < -0.4 is 14.8 Å². The molecule has 2 rings (SSSR count). The van der Waals surface area contributed by atoms with Gasteiger partial charge in [-0.15, -0.1) is 0 Å². The first-order valence-electron chi connectivity index (χ1n) is 9.24. The fourth-order valence-corrected chi connectivity index (χ4v) is 2.43.